The van der Waals surface area contributed by atoms with E-state index in [2.05, 4.69) is 10.5 Å². The molecule has 0 spiro atoms. The third-order valence-corrected chi connectivity index (χ3v) is 2.81. The second kappa shape index (κ2) is 5.64. The molecule has 2 rings (SSSR count). The standard InChI is InChI=1S/C14H17N3O3/c1-17(2)8-10-13(15-16-14(10)18)9-5-6-11(19-3)12(7-9)20-4/h5-8H,1-4H3,(H,16,18). The number of carbonyl (C=O) groups excluding carboxylic acids is 1. The highest BCUT2D eigenvalue weighted by molar-refractivity contribution is 6.30. The minimum absolute atomic E-state index is 0.219. The van der Waals surface area contributed by atoms with Crippen LogP contribution in [0.15, 0.2) is 35.1 Å². The number of benzene rings is 1. The SMILES string of the molecule is COc1ccc(C2=NNC(=O)C2=CN(C)C)cc1OC. The first-order valence-electron chi connectivity index (χ1n) is 6.06. The Kier molecular flexibility index (Phi) is 3.93. The van der Waals surface area contributed by atoms with E-state index < -0.39 is 0 Å². The molecule has 0 bridgehead atoms. The number of rotatable bonds is 4. The van der Waals surface area contributed by atoms with Gasteiger partial charge >= 0.3 is 0 Å². The van der Waals surface area contributed by atoms with Crippen molar-refractivity contribution in [2.24, 2.45) is 5.10 Å². The van der Waals surface area contributed by atoms with Gasteiger partial charge in [-0.1, -0.05) is 0 Å². The fourth-order valence-corrected chi connectivity index (χ4v) is 1.92. The summed E-state index contributed by atoms with van der Waals surface area (Å²) in [7, 11) is 6.85. The molecule has 1 aromatic rings. The van der Waals surface area contributed by atoms with Gasteiger partial charge in [0.05, 0.1) is 19.8 Å². The van der Waals surface area contributed by atoms with Crippen molar-refractivity contribution in [2.45, 2.75) is 0 Å². The van der Waals surface area contributed by atoms with Crippen LogP contribution in [-0.2, 0) is 4.79 Å². The molecule has 0 fully saturated rings. The van der Waals surface area contributed by atoms with E-state index in [0.29, 0.717) is 22.8 Å². The van der Waals surface area contributed by atoms with Crippen molar-refractivity contribution >= 4 is 11.6 Å². The maximum atomic E-state index is 11.8. The molecule has 1 amide bonds. The smallest absolute Gasteiger partial charge is 0.275 e. The third-order valence-electron chi connectivity index (χ3n) is 2.81. The van der Waals surface area contributed by atoms with E-state index in [-0.39, 0.29) is 5.91 Å². The number of nitrogens with zero attached hydrogens (tertiary/aromatic N) is 2. The van der Waals surface area contributed by atoms with Crippen LogP contribution in [0.3, 0.4) is 0 Å². The molecule has 0 radical (unpaired) electrons. The number of methoxy groups -OCH3 is 2. The highest BCUT2D eigenvalue weighted by Crippen LogP contribution is 2.29. The first-order valence-corrected chi connectivity index (χ1v) is 6.06. The minimum Gasteiger partial charge on any atom is -0.493 e. The largest absolute Gasteiger partial charge is 0.493 e. The summed E-state index contributed by atoms with van der Waals surface area (Å²) < 4.78 is 10.5. The molecule has 1 heterocycles. The second-order valence-corrected chi connectivity index (χ2v) is 4.48. The van der Waals surface area contributed by atoms with Crippen molar-refractivity contribution in [3.05, 3.63) is 35.5 Å². The quantitative estimate of drug-likeness (QED) is 0.832. The summed E-state index contributed by atoms with van der Waals surface area (Å²) >= 11 is 0. The van der Waals surface area contributed by atoms with Crippen LogP contribution in [0, 0.1) is 0 Å². The summed E-state index contributed by atoms with van der Waals surface area (Å²) in [5.74, 6) is 1.01. The molecule has 0 saturated carbocycles. The Hall–Kier alpha value is -2.50. The van der Waals surface area contributed by atoms with E-state index >= 15 is 0 Å². The van der Waals surface area contributed by atoms with Crippen molar-refractivity contribution in [3.63, 3.8) is 0 Å². The Balaban J connectivity index is 2.43. The Morgan fingerprint density at radius 3 is 2.50 bits per heavy atom. The summed E-state index contributed by atoms with van der Waals surface area (Å²) in [5.41, 5.74) is 4.36. The molecule has 0 atom stereocenters. The van der Waals surface area contributed by atoms with Crippen LogP contribution in [0.4, 0.5) is 0 Å². The molecule has 20 heavy (non-hydrogen) atoms. The normalized spacial score (nSPS) is 15.9. The fraction of sp³-hybridized carbons (Fsp3) is 0.286. The first kappa shape index (κ1) is 13.9. The predicted molar refractivity (Wildman–Crippen MR) is 76.0 cm³/mol. The summed E-state index contributed by atoms with van der Waals surface area (Å²) in [4.78, 5) is 13.6. The second-order valence-electron chi connectivity index (χ2n) is 4.48. The average Bonchev–Trinajstić information content (AvgIpc) is 2.79. The van der Waals surface area contributed by atoms with Crippen LogP contribution >= 0.6 is 0 Å². The van der Waals surface area contributed by atoms with Crippen LogP contribution in [0.25, 0.3) is 0 Å². The fourth-order valence-electron chi connectivity index (χ4n) is 1.92. The van der Waals surface area contributed by atoms with Crippen LogP contribution < -0.4 is 14.9 Å². The monoisotopic (exact) mass is 275 g/mol. The molecule has 1 aliphatic heterocycles. The first-order chi connectivity index (χ1) is 9.56. The van der Waals surface area contributed by atoms with Gasteiger partial charge in [0.25, 0.3) is 5.91 Å². The van der Waals surface area contributed by atoms with E-state index in [0.717, 1.165) is 5.56 Å². The van der Waals surface area contributed by atoms with Crippen LogP contribution in [0.5, 0.6) is 11.5 Å². The van der Waals surface area contributed by atoms with Gasteiger partial charge < -0.3 is 14.4 Å². The van der Waals surface area contributed by atoms with E-state index in [1.165, 1.54) is 0 Å². The van der Waals surface area contributed by atoms with Gasteiger partial charge in [0.15, 0.2) is 11.5 Å². The summed E-state index contributed by atoms with van der Waals surface area (Å²) in [6.45, 7) is 0. The molecule has 1 N–H and O–H groups in total. The Labute approximate surface area is 117 Å². The number of amides is 1. The molecule has 6 nitrogen and oxygen atoms in total. The predicted octanol–water partition coefficient (Wildman–Crippen LogP) is 0.983. The zero-order valence-electron chi connectivity index (χ0n) is 11.9. The molecular weight excluding hydrogens is 258 g/mol. The molecular formula is C14H17N3O3. The van der Waals surface area contributed by atoms with Crippen LogP contribution in [0.2, 0.25) is 0 Å². The van der Waals surface area contributed by atoms with E-state index in [4.69, 9.17) is 9.47 Å². The number of nitrogens with one attached hydrogen (secondary N) is 1. The van der Waals surface area contributed by atoms with Crippen molar-refractivity contribution < 1.29 is 14.3 Å². The molecule has 6 heteroatoms. The van der Waals surface area contributed by atoms with Crippen molar-refractivity contribution in [3.8, 4) is 11.5 Å². The van der Waals surface area contributed by atoms with Gasteiger partial charge in [0.1, 0.15) is 5.71 Å². The molecule has 0 aromatic heterocycles. The van der Waals surface area contributed by atoms with Gasteiger partial charge in [-0.2, -0.15) is 5.10 Å². The Morgan fingerprint density at radius 2 is 1.90 bits per heavy atom. The van der Waals surface area contributed by atoms with Gasteiger partial charge in [-0.3, -0.25) is 4.79 Å². The Morgan fingerprint density at radius 1 is 1.20 bits per heavy atom. The van der Waals surface area contributed by atoms with E-state index in [1.54, 1.807) is 37.5 Å². The lowest BCUT2D eigenvalue weighted by Gasteiger charge is -2.11. The van der Waals surface area contributed by atoms with Crippen molar-refractivity contribution in [2.75, 3.05) is 28.3 Å². The summed E-state index contributed by atoms with van der Waals surface area (Å²) in [6.07, 6.45) is 1.73. The summed E-state index contributed by atoms with van der Waals surface area (Å²) in [6, 6.07) is 5.41. The van der Waals surface area contributed by atoms with Crippen LogP contribution in [0.1, 0.15) is 5.56 Å². The minimum atomic E-state index is -0.219. The number of carbonyl (C=O) groups is 1. The number of ether oxygens (including phenoxy) is 2. The lowest BCUT2D eigenvalue weighted by atomic mass is 10.0. The number of hydrogen-bond acceptors (Lipinski definition) is 5. The zero-order chi connectivity index (χ0) is 14.7. The maximum Gasteiger partial charge on any atom is 0.275 e. The van der Waals surface area contributed by atoms with E-state index in [1.807, 2.05) is 20.2 Å². The lowest BCUT2D eigenvalue weighted by Crippen LogP contribution is -2.17. The molecule has 0 saturated heterocycles. The summed E-state index contributed by atoms with van der Waals surface area (Å²) in [5, 5.41) is 4.08. The van der Waals surface area contributed by atoms with Gasteiger partial charge in [0, 0.05) is 25.9 Å². The topological polar surface area (TPSA) is 63.2 Å². The molecule has 106 valence electrons. The highest BCUT2D eigenvalue weighted by atomic mass is 16.5. The van der Waals surface area contributed by atoms with Crippen molar-refractivity contribution in [1.82, 2.24) is 10.3 Å². The van der Waals surface area contributed by atoms with Crippen LogP contribution in [-0.4, -0.2) is 44.8 Å². The number of hydrogen-bond donors (Lipinski definition) is 1. The van der Waals surface area contributed by atoms with Gasteiger partial charge in [-0.25, -0.2) is 5.43 Å². The van der Waals surface area contributed by atoms with Gasteiger partial charge in [-0.05, 0) is 18.2 Å². The average molecular weight is 275 g/mol. The van der Waals surface area contributed by atoms with Crippen molar-refractivity contribution in [1.29, 1.82) is 0 Å². The molecule has 0 unspecified atom stereocenters. The third kappa shape index (κ3) is 2.59. The van der Waals surface area contributed by atoms with E-state index in [9.17, 15) is 4.79 Å². The highest BCUT2D eigenvalue weighted by Gasteiger charge is 2.25. The maximum absolute atomic E-state index is 11.8. The van der Waals surface area contributed by atoms with Gasteiger partial charge in [0.2, 0.25) is 0 Å². The number of hydrazone groups is 1. The molecule has 0 aliphatic carbocycles. The lowest BCUT2D eigenvalue weighted by molar-refractivity contribution is -0.116. The molecule has 1 aliphatic rings. The zero-order valence-corrected chi connectivity index (χ0v) is 11.9. The van der Waals surface area contributed by atoms with Gasteiger partial charge in [-0.15, -0.1) is 0 Å². The Bertz CT molecular complexity index is 591. The molecule has 1 aromatic carbocycles.